The molecule has 0 aliphatic carbocycles. The standard InChI is InChI=1S/C12H17F3N4O/c1-16-11-18-9(12(13,14)15)7-10(19-11)17-5-4-8-3-2-6-20-8/h7-8H,2-6H2,1H3,(H2,16,17,18,19). The Labute approximate surface area is 114 Å². The van der Waals surface area contributed by atoms with Gasteiger partial charge in [-0.1, -0.05) is 0 Å². The lowest BCUT2D eigenvalue weighted by molar-refractivity contribution is -0.141. The van der Waals surface area contributed by atoms with Crippen molar-refractivity contribution in [1.82, 2.24) is 9.97 Å². The summed E-state index contributed by atoms with van der Waals surface area (Å²) in [7, 11) is 1.48. The minimum Gasteiger partial charge on any atom is -0.378 e. The average molecular weight is 290 g/mol. The zero-order chi connectivity index (χ0) is 14.6. The third kappa shape index (κ3) is 3.96. The van der Waals surface area contributed by atoms with E-state index in [9.17, 15) is 13.2 Å². The zero-order valence-corrected chi connectivity index (χ0v) is 11.1. The normalized spacial score (nSPS) is 19.1. The molecule has 2 rings (SSSR count). The Bertz CT molecular complexity index is 447. The second-order valence-electron chi connectivity index (χ2n) is 4.56. The highest BCUT2D eigenvalue weighted by molar-refractivity contribution is 5.42. The number of halogens is 3. The first-order chi connectivity index (χ1) is 9.49. The number of alkyl halides is 3. The number of aromatic nitrogens is 2. The molecule has 1 aromatic rings. The van der Waals surface area contributed by atoms with Crippen LogP contribution in [-0.4, -0.2) is 36.3 Å². The van der Waals surface area contributed by atoms with Gasteiger partial charge >= 0.3 is 6.18 Å². The van der Waals surface area contributed by atoms with Crippen molar-refractivity contribution < 1.29 is 17.9 Å². The van der Waals surface area contributed by atoms with Gasteiger partial charge in [-0.3, -0.25) is 0 Å². The molecule has 1 atom stereocenters. The molecule has 1 aliphatic heterocycles. The van der Waals surface area contributed by atoms with E-state index in [1.165, 1.54) is 7.05 Å². The van der Waals surface area contributed by atoms with E-state index >= 15 is 0 Å². The van der Waals surface area contributed by atoms with Crippen molar-refractivity contribution in [1.29, 1.82) is 0 Å². The number of anilines is 2. The van der Waals surface area contributed by atoms with E-state index in [1.54, 1.807) is 0 Å². The second-order valence-corrected chi connectivity index (χ2v) is 4.56. The van der Waals surface area contributed by atoms with Crippen LogP contribution in [0.3, 0.4) is 0 Å². The summed E-state index contributed by atoms with van der Waals surface area (Å²) in [5.41, 5.74) is -0.962. The molecule has 112 valence electrons. The molecule has 0 bridgehead atoms. The Hall–Kier alpha value is -1.57. The second kappa shape index (κ2) is 6.25. The monoisotopic (exact) mass is 290 g/mol. The minimum absolute atomic E-state index is 0.0561. The van der Waals surface area contributed by atoms with Gasteiger partial charge < -0.3 is 15.4 Å². The Morgan fingerprint density at radius 3 is 2.80 bits per heavy atom. The maximum atomic E-state index is 12.7. The largest absolute Gasteiger partial charge is 0.433 e. The maximum Gasteiger partial charge on any atom is 0.433 e. The summed E-state index contributed by atoms with van der Waals surface area (Å²) in [5, 5.41) is 5.41. The summed E-state index contributed by atoms with van der Waals surface area (Å²) in [6, 6.07) is 0.913. The molecule has 1 saturated heterocycles. The molecule has 1 aliphatic rings. The molecular formula is C12H17F3N4O. The van der Waals surface area contributed by atoms with Crippen molar-refractivity contribution in [2.24, 2.45) is 0 Å². The van der Waals surface area contributed by atoms with Crippen LogP contribution in [0, 0.1) is 0 Å². The lowest BCUT2D eigenvalue weighted by atomic mass is 10.2. The average Bonchev–Trinajstić information content (AvgIpc) is 2.90. The molecule has 0 saturated carbocycles. The fourth-order valence-corrected chi connectivity index (χ4v) is 2.03. The van der Waals surface area contributed by atoms with Crippen LogP contribution < -0.4 is 10.6 Å². The smallest absolute Gasteiger partial charge is 0.378 e. The number of nitrogens with one attached hydrogen (secondary N) is 2. The van der Waals surface area contributed by atoms with E-state index in [4.69, 9.17) is 4.74 Å². The lowest BCUT2D eigenvalue weighted by Crippen LogP contribution is -2.16. The van der Waals surface area contributed by atoms with Crippen LogP contribution in [0.1, 0.15) is 25.0 Å². The highest BCUT2D eigenvalue weighted by atomic mass is 19.4. The van der Waals surface area contributed by atoms with Gasteiger partial charge in [0.1, 0.15) is 5.82 Å². The minimum atomic E-state index is -4.49. The van der Waals surface area contributed by atoms with Gasteiger partial charge in [0.05, 0.1) is 6.10 Å². The van der Waals surface area contributed by atoms with Crippen molar-refractivity contribution in [3.8, 4) is 0 Å². The van der Waals surface area contributed by atoms with Crippen LogP contribution >= 0.6 is 0 Å². The van der Waals surface area contributed by atoms with Crippen LogP contribution in [0.5, 0.6) is 0 Å². The zero-order valence-electron chi connectivity index (χ0n) is 11.1. The fourth-order valence-electron chi connectivity index (χ4n) is 2.03. The molecule has 1 aromatic heterocycles. The van der Waals surface area contributed by atoms with Gasteiger partial charge in [0.15, 0.2) is 5.69 Å². The third-order valence-electron chi connectivity index (χ3n) is 3.04. The van der Waals surface area contributed by atoms with E-state index in [0.29, 0.717) is 6.54 Å². The number of rotatable bonds is 5. The van der Waals surface area contributed by atoms with Crippen LogP contribution in [0.15, 0.2) is 6.07 Å². The topological polar surface area (TPSA) is 59.1 Å². The first-order valence-electron chi connectivity index (χ1n) is 6.48. The van der Waals surface area contributed by atoms with Crippen LogP contribution in [-0.2, 0) is 10.9 Å². The molecule has 2 heterocycles. The van der Waals surface area contributed by atoms with Crippen molar-refractivity contribution in [2.45, 2.75) is 31.5 Å². The molecule has 1 fully saturated rings. The van der Waals surface area contributed by atoms with Crippen molar-refractivity contribution >= 4 is 11.8 Å². The maximum absolute atomic E-state index is 12.7. The van der Waals surface area contributed by atoms with Crippen molar-refractivity contribution in [3.63, 3.8) is 0 Å². The summed E-state index contributed by atoms with van der Waals surface area (Å²) < 4.78 is 43.5. The molecule has 8 heteroatoms. The highest BCUT2D eigenvalue weighted by Gasteiger charge is 2.33. The van der Waals surface area contributed by atoms with Gasteiger partial charge in [0.25, 0.3) is 0 Å². The Morgan fingerprint density at radius 1 is 1.40 bits per heavy atom. The molecule has 0 aromatic carbocycles. The summed E-state index contributed by atoms with van der Waals surface area (Å²) in [6.45, 7) is 1.28. The first-order valence-corrected chi connectivity index (χ1v) is 6.48. The molecule has 2 N–H and O–H groups in total. The van der Waals surface area contributed by atoms with E-state index in [1.807, 2.05) is 0 Å². The molecule has 20 heavy (non-hydrogen) atoms. The number of hydrogen-bond donors (Lipinski definition) is 2. The third-order valence-corrected chi connectivity index (χ3v) is 3.04. The number of nitrogens with zero attached hydrogens (tertiary/aromatic N) is 2. The van der Waals surface area contributed by atoms with E-state index in [0.717, 1.165) is 31.9 Å². The highest BCUT2D eigenvalue weighted by Crippen LogP contribution is 2.29. The summed E-state index contributed by atoms with van der Waals surface area (Å²) in [5.74, 6) is 0.106. The van der Waals surface area contributed by atoms with Gasteiger partial charge in [-0.25, -0.2) is 4.98 Å². The summed E-state index contributed by atoms with van der Waals surface area (Å²) in [6.07, 6.45) is -1.50. The fraction of sp³-hybridized carbons (Fsp3) is 0.667. The van der Waals surface area contributed by atoms with Gasteiger partial charge in [-0.15, -0.1) is 0 Å². The quantitative estimate of drug-likeness (QED) is 0.872. The van der Waals surface area contributed by atoms with Gasteiger partial charge in [-0.05, 0) is 19.3 Å². The predicted octanol–water partition coefficient (Wildman–Crippen LogP) is 2.52. The van der Waals surface area contributed by atoms with Crippen LogP contribution in [0.2, 0.25) is 0 Å². The Kier molecular flexibility index (Phi) is 4.64. The Morgan fingerprint density at radius 2 is 2.20 bits per heavy atom. The van der Waals surface area contributed by atoms with E-state index in [-0.39, 0.29) is 17.9 Å². The van der Waals surface area contributed by atoms with Crippen LogP contribution in [0.4, 0.5) is 24.9 Å². The van der Waals surface area contributed by atoms with E-state index in [2.05, 4.69) is 20.6 Å². The number of hydrogen-bond acceptors (Lipinski definition) is 5. The predicted molar refractivity (Wildman–Crippen MR) is 68.7 cm³/mol. The molecule has 0 spiro atoms. The lowest BCUT2D eigenvalue weighted by Gasteiger charge is -2.13. The van der Waals surface area contributed by atoms with Crippen molar-refractivity contribution in [3.05, 3.63) is 11.8 Å². The summed E-state index contributed by atoms with van der Waals surface area (Å²) in [4.78, 5) is 7.35. The SMILES string of the molecule is CNc1nc(NCCC2CCCO2)cc(C(F)(F)F)n1. The van der Waals surface area contributed by atoms with Gasteiger partial charge in [-0.2, -0.15) is 18.2 Å². The molecule has 0 amide bonds. The first kappa shape index (κ1) is 14.8. The molecule has 5 nitrogen and oxygen atoms in total. The molecule has 0 radical (unpaired) electrons. The van der Waals surface area contributed by atoms with Crippen molar-refractivity contribution in [2.75, 3.05) is 30.8 Å². The molecule has 1 unspecified atom stereocenters. The number of ether oxygens (including phenoxy) is 1. The van der Waals surface area contributed by atoms with Gasteiger partial charge in [0, 0.05) is 26.3 Å². The molecular weight excluding hydrogens is 273 g/mol. The van der Waals surface area contributed by atoms with Gasteiger partial charge in [0.2, 0.25) is 5.95 Å². The van der Waals surface area contributed by atoms with E-state index < -0.39 is 11.9 Å². The van der Waals surface area contributed by atoms with Crippen LogP contribution in [0.25, 0.3) is 0 Å². The Balaban J connectivity index is 1.98. The summed E-state index contributed by atoms with van der Waals surface area (Å²) >= 11 is 0.